The van der Waals surface area contributed by atoms with E-state index in [1.807, 2.05) is 0 Å². The fourth-order valence-electron chi connectivity index (χ4n) is 3.03. The van der Waals surface area contributed by atoms with Crippen LogP contribution in [0.3, 0.4) is 0 Å². The molecular weight excluding hydrogens is 398 g/mol. The second kappa shape index (κ2) is 7.69. The molecule has 0 spiro atoms. The molecule has 1 aliphatic rings. The van der Waals surface area contributed by atoms with Crippen molar-refractivity contribution in [2.24, 2.45) is 0 Å². The number of Topliss-reactive ketones (excluding diaryl/α,β-unsaturated/α-hetero) is 1. The van der Waals surface area contributed by atoms with Crippen molar-refractivity contribution in [1.29, 1.82) is 0 Å². The van der Waals surface area contributed by atoms with E-state index >= 15 is 0 Å². The quantitative estimate of drug-likeness (QED) is 0.259. The summed E-state index contributed by atoms with van der Waals surface area (Å²) in [7, 11) is 0. The monoisotopic (exact) mass is 413 g/mol. The number of nitro benzene ring substituents is 1. The molecule has 0 saturated carbocycles. The predicted octanol–water partition coefficient (Wildman–Crippen LogP) is 4.31. The van der Waals surface area contributed by atoms with Crippen molar-refractivity contribution in [3.05, 3.63) is 58.1 Å². The Morgan fingerprint density at radius 3 is 2.71 bits per heavy atom. The molecule has 1 aromatic heterocycles. The lowest BCUT2D eigenvalue weighted by atomic mass is 10.1. The van der Waals surface area contributed by atoms with E-state index in [-0.39, 0.29) is 23.1 Å². The van der Waals surface area contributed by atoms with Gasteiger partial charge in [-0.05, 0) is 36.8 Å². The Hall–Kier alpha value is -2.78. The third-order valence-corrected chi connectivity index (χ3v) is 6.63. The fraction of sp³-hybridized carbons (Fsp3) is 0.211. The number of carbonyl (C=O) groups is 2. The third-order valence-electron chi connectivity index (χ3n) is 4.46. The van der Waals surface area contributed by atoms with Gasteiger partial charge in [0, 0.05) is 36.3 Å². The summed E-state index contributed by atoms with van der Waals surface area (Å²) in [6.07, 6.45) is 1.43. The maximum Gasteiger partial charge on any atom is 0.270 e. The molecule has 1 aliphatic heterocycles. The lowest BCUT2D eigenvalue weighted by Gasteiger charge is -2.15. The number of thiazole rings is 1. The highest BCUT2D eigenvalue weighted by Gasteiger charge is 2.21. The number of anilines is 1. The van der Waals surface area contributed by atoms with E-state index in [2.05, 4.69) is 4.98 Å². The van der Waals surface area contributed by atoms with Gasteiger partial charge >= 0.3 is 0 Å². The standard InChI is InChI=1S/C19H15N3O4S2/c23-16(12-3-5-13(6-4-12)21-9-1-2-18(21)24)11-27-19-20-15-8-7-14(22(25)26)10-17(15)28-19/h3-8,10H,1-2,9,11H2. The topological polar surface area (TPSA) is 93.4 Å². The van der Waals surface area contributed by atoms with Gasteiger partial charge in [-0.15, -0.1) is 11.3 Å². The SMILES string of the molecule is O=C(CSc1nc2ccc([N+](=O)[O-])cc2s1)c1ccc(N2CCCC2=O)cc1. The van der Waals surface area contributed by atoms with Crippen molar-refractivity contribution in [1.82, 2.24) is 4.98 Å². The fourth-order valence-corrected chi connectivity index (χ4v) is 5.02. The molecule has 2 aromatic carbocycles. The van der Waals surface area contributed by atoms with Gasteiger partial charge < -0.3 is 4.90 Å². The zero-order chi connectivity index (χ0) is 19.7. The summed E-state index contributed by atoms with van der Waals surface area (Å²) in [5.41, 5.74) is 2.12. The Labute approximate surface area is 168 Å². The molecule has 1 fully saturated rings. The maximum atomic E-state index is 12.5. The number of hydrogen-bond donors (Lipinski definition) is 0. The first kappa shape index (κ1) is 18.6. The van der Waals surface area contributed by atoms with Crippen molar-refractivity contribution < 1.29 is 14.5 Å². The smallest absolute Gasteiger partial charge is 0.270 e. The van der Waals surface area contributed by atoms with Gasteiger partial charge in [-0.25, -0.2) is 4.98 Å². The van der Waals surface area contributed by atoms with Gasteiger partial charge in [-0.3, -0.25) is 19.7 Å². The van der Waals surface area contributed by atoms with Crippen LogP contribution in [0.4, 0.5) is 11.4 Å². The molecular formula is C19H15N3O4S2. The number of fused-ring (bicyclic) bond motifs is 1. The van der Waals surface area contributed by atoms with Crippen LogP contribution in [-0.4, -0.2) is 33.9 Å². The summed E-state index contributed by atoms with van der Waals surface area (Å²) in [4.78, 5) is 40.8. The molecule has 0 bridgehead atoms. The number of carbonyl (C=O) groups excluding carboxylic acids is 2. The van der Waals surface area contributed by atoms with E-state index in [4.69, 9.17) is 0 Å². The van der Waals surface area contributed by atoms with E-state index in [0.717, 1.165) is 23.4 Å². The average Bonchev–Trinajstić information content (AvgIpc) is 3.31. The molecule has 28 heavy (non-hydrogen) atoms. The Morgan fingerprint density at radius 2 is 2.04 bits per heavy atom. The van der Waals surface area contributed by atoms with Crippen molar-refractivity contribution in [3.63, 3.8) is 0 Å². The molecule has 0 N–H and O–H groups in total. The second-order valence-corrected chi connectivity index (χ2v) is 8.55. The number of aromatic nitrogens is 1. The first-order valence-electron chi connectivity index (χ1n) is 8.63. The Bertz CT molecular complexity index is 1080. The summed E-state index contributed by atoms with van der Waals surface area (Å²) < 4.78 is 1.42. The second-order valence-electron chi connectivity index (χ2n) is 6.30. The number of rotatable bonds is 6. The molecule has 1 amide bonds. The summed E-state index contributed by atoms with van der Waals surface area (Å²) in [5, 5.41) is 10.9. The van der Waals surface area contributed by atoms with Crippen LogP contribution in [0.1, 0.15) is 23.2 Å². The van der Waals surface area contributed by atoms with Crippen LogP contribution >= 0.6 is 23.1 Å². The molecule has 3 aromatic rings. The summed E-state index contributed by atoms with van der Waals surface area (Å²) >= 11 is 2.65. The molecule has 2 heterocycles. The molecule has 142 valence electrons. The Kier molecular flexibility index (Phi) is 5.10. The minimum absolute atomic E-state index is 0.0281. The van der Waals surface area contributed by atoms with E-state index in [1.165, 1.54) is 35.2 Å². The van der Waals surface area contributed by atoms with Gasteiger partial charge in [-0.1, -0.05) is 11.8 Å². The van der Waals surface area contributed by atoms with E-state index < -0.39 is 4.92 Å². The van der Waals surface area contributed by atoms with Gasteiger partial charge in [0.1, 0.15) is 0 Å². The predicted molar refractivity (Wildman–Crippen MR) is 109 cm³/mol. The number of nitrogens with zero attached hydrogens (tertiary/aromatic N) is 3. The molecule has 0 radical (unpaired) electrons. The van der Waals surface area contributed by atoms with Crippen molar-refractivity contribution in [2.45, 2.75) is 17.2 Å². The van der Waals surface area contributed by atoms with E-state index in [9.17, 15) is 19.7 Å². The minimum atomic E-state index is -0.436. The number of ketones is 1. The van der Waals surface area contributed by atoms with Crippen LogP contribution in [-0.2, 0) is 4.79 Å². The van der Waals surface area contributed by atoms with Crippen LogP contribution < -0.4 is 4.90 Å². The zero-order valence-corrected chi connectivity index (χ0v) is 16.3. The third kappa shape index (κ3) is 3.76. The zero-order valence-electron chi connectivity index (χ0n) is 14.7. The molecule has 1 saturated heterocycles. The molecule has 9 heteroatoms. The number of non-ortho nitro benzene ring substituents is 1. The van der Waals surface area contributed by atoms with Crippen LogP contribution in [0, 0.1) is 10.1 Å². The lowest BCUT2D eigenvalue weighted by Crippen LogP contribution is -2.23. The van der Waals surface area contributed by atoms with Crippen molar-refractivity contribution >= 4 is 56.4 Å². The van der Waals surface area contributed by atoms with Crippen LogP contribution in [0.15, 0.2) is 46.8 Å². The summed E-state index contributed by atoms with van der Waals surface area (Å²) in [5.74, 6) is 0.310. The average molecular weight is 413 g/mol. The highest BCUT2D eigenvalue weighted by Crippen LogP contribution is 2.32. The summed E-state index contributed by atoms with van der Waals surface area (Å²) in [6, 6.07) is 11.6. The van der Waals surface area contributed by atoms with Crippen LogP contribution in [0.5, 0.6) is 0 Å². The van der Waals surface area contributed by atoms with Crippen LogP contribution in [0.25, 0.3) is 10.2 Å². The van der Waals surface area contributed by atoms with E-state index in [0.29, 0.717) is 21.8 Å². The van der Waals surface area contributed by atoms with Gasteiger partial charge in [0.2, 0.25) is 5.91 Å². The number of amides is 1. The molecule has 0 unspecified atom stereocenters. The highest BCUT2D eigenvalue weighted by molar-refractivity contribution is 8.01. The normalized spacial score (nSPS) is 14.0. The number of benzene rings is 2. The van der Waals surface area contributed by atoms with Crippen molar-refractivity contribution in [3.8, 4) is 0 Å². The molecule has 4 rings (SSSR count). The molecule has 7 nitrogen and oxygen atoms in total. The van der Waals surface area contributed by atoms with Crippen LogP contribution in [0.2, 0.25) is 0 Å². The largest absolute Gasteiger partial charge is 0.312 e. The number of hydrogen-bond acceptors (Lipinski definition) is 7. The van der Waals surface area contributed by atoms with Gasteiger partial charge in [-0.2, -0.15) is 0 Å². The lowest BCUT2D eigenvalue weighted by molar-refractivity contribution is -0.384. The maximum absolute atomic E-state index is 12.5. The highest BCUT2D eigenvalue weighted by atomic mass is 32.2. The van der Waals surface area contributed by atoms with Crippen molar-refractivity contribution in [2.75, 3.05) is 17.2 Å². The van der Waals surface area contributed by atoms with Gasteiger partial charge in [0.25, 0.3) is 5.69 Å². The molecule has 0 atom stereocenters. The summed E-state index contributed by atoms with van der Waals surface area (Å²) in [6.45, 7) is 0.720. The Morgan fingerprint density at radius 1 is 1.25 bits per heavy atom. The minimum Gasteiger partial charge on any atom is -0.312 e. The van der Waals surface area contributed by atoms with Gasteiger partial charge in [0.05, 0.1) is 20.9 Å². The molecule has 0 aliphatic carbocycles. The number of thioether (sulfide) groups is 1. The van der Waals surface area contributed by atoms with E-state index in [1.54, 1.807) is 35.2 Å². The first-order chi connectivity index (χ1) is 13.5. The van der Waals surface area contributed by atoms with Gasteiger partial charge in [0.15, 0.2) is 10.1 Å². The first-order valence-corrected chi connectivity index (χ1v) is 10.4. The number of nitro groups is 1. The Balaban J connectivity index is 1.42.